The monoisotopic (exact) mass is 475 g/mol. The van der Waals surface area contributed by atoms with Gasteiger partial charge in [0.1, 0.15) is 11.0 Å². The maximum absolute atomic E-state index is 12.8. The van der Waals surface area contributed by atoms with Crippen LogP contribution in [0, 0.1) is 11.7 Å². The summed E-state index contributed by atoms with van der Waals surface area (Å²) in [6, 6.07) is 11.0. The van der Waals surface area contributed by atoms with Crippen LogP contribution in [-0.2, 0) is 11.3 Å². The molecule has 0 bridgehead atoms. The third kappa shape index (κ3) is 4.24. The summed E-state index contributed by atoms with van der Waals surface area (Å²) >= 11 is 14.4. The van der Waals surface area contributed by atoms with Crippen LogP contribution in [0.4, 0.5) is 0 Å². The first-order chi connectivity index (χ1) is 14.4. The van der Waals surface area contributed by atoms with E-state index in [1.807, 2.05) is 55.6 Å². The maximum atomic E-state index is 12.8. The largest absolute Gasteiger partial charge is 0.348 e. The number of carbonyl (C=O) groups excluding carboxylic acids is 1. The van der Waals surface area contributed by atoms with Crippen molar-refractivity contribution in [1.82, 2.24) is 25.1 Å². The lowest BCUT2D eigenvalue weighted by atomic mass is 10.1. The molecule has 0 aliphatic heterocycles. The Morgan fingerprint density at radius 1 is 1.33 bits per heavy atom. The molecule has 3 aromatic heterocycles. The van der Waals surface area contributed by atoms with Gasteiger partial charge in [-0.25, -0.2) is 4.98 Å². The summed E-state index contributed by atoms with van der Waals surface area (Å²) in [5, 5.41) is 13.5. The SMILES string of the molecule is Cc1sc(CNC(=O)C(C)n2c(-c3cccs3)n[nH]c2=S)nc1-c1ccc(Cl)cc1. The number of aromatic amines is 1. The third-order valence-corrected chi connectivity index (χ3v) is 6.96. The Morgan fingerprint density at radius 3 is 2.80 bits per heavy atom. The van der Waals surface area contributed by atoms with Gasteiger partial charge < -0.3 is 5.32 Å². The number of nitrogens with one attached hydrogen (secondary N) is 2. The van der Waals surface area contributed by atoms with E-state index in [2.05, 4.69) is 15.5 Å². The molecule has 154 valence electrons. The molecule has 0 aliphatic carbocycles. The minimum atomic E-state index is -0.509. The van der Waals surface area contributed by atoms with E-state index in [9.17, 15) is 4.79 Å². The number of rotatable bonds is 6. The third-order valence-electron chi connectivity index (χ3n) is 4.59. The Bertz CT molecular complexity index is 1220. The van der Waals surface area contributed by atoms with Gasteiger partial charge in [0.15, 0.2) is 10.6 Å². The average Bonchev–Trinajstić information content (AvgIpc) is 3.46. The number of halogens is 1. The van der Waals surface area contributed by atoms with Crippen LogP contribution >= 0.6 is 46.5 Å². The first kappa shape index (κ1) is 20.9. The normalized spacial score (nSPS) is 12.1. The second-order valence-electron chi connectivity index (χ2n) is 6.61. The van der Waals surface area contributed by atoms with Gasteiger partial charge >= 0.3 is 0 Å². The average molecular weight is 476 g/mol. The Kier molecular flexibility index (Phi) is 6.14. The van der Waals surface area contributed by atoms with E-state index in [1.165, 1.54) is 0 Å². The number of H-pyrrole nitrogens is 1. The Hall–Kier alpha value is -2.33. The molecule has 3 heterocycles. The molecule has 4 aromatic rings. The van der Waals surface area contributed by atoms with Crippen LogP contribution in [-0.4, -0.2) is 25.7 Å². The lowest BCUT2D eigenvalue weighted by molar-refractivity contribution is -0.124. The molecule has 2 N–H and O–H groups in total. The summed E-state index contributed by atoms with van der Waals surface area (Å²) in [5.41, 5.74) is 1.91. The van der Waals surface area contributed by atoms with E-state index in [1.54, 1.807) is 27.2 Å². The summed E-state index contributed by atoms with van der Waals surface area (Å²) in [4.78, 5) is 19.6. The molecule has 0 saturated carbocycles. The van der Waals surface area contributed by atoms with Crippen molar-refractivity contribution >= 4 is 52.4 Å². The van der Waals surface area contributed by atoms with Crippen molar-refractivity contribution in [3.8, 4) is 22.0 Å². The Morgan fingerprint density at radius 2 is 2.10 bits per heavy atom. The number of benzene rings is 1. The molecule has 30 heavy (non-hydrogen) atoms. The fourth-order valence-corrected chi connectivity index (χ4v) is 5.10. The summed E-state index contributed by atoms with van der Waals surface area (Å²) in [6.07, 6.45) is 0. The van der Waals surface area contributed by atoms with Crippen LogP contribution in [0.1, 0.15) is 22.9 Å². The van der Waals surface area contributed by atoms with Crippen molar-refractivity contribution in [2.45, 2.75) is 26.4 Å². The van der Waals surface area contributed by atoms with E-state index in [0.717, 1.165) is 26.0 Å². The van der Waals surface area contributed by atoms with Crippen molar-refractivity contribution < 1.29 is 4.79 Å². The molecular formula is C20H18ClN5OS3. The zero-order valence-corrected chi connectivity index (χ0v) is 19.4. The molecule has 10 heteroatoms. The van der Waals surface area contributed by atoms with Crippen molar-refractivity contribution in [2.24, 2.45) is 0 Å². The summed E-state index contributed by atoms with van der Waals surface area (Å²) in [7, 11) is 0. The smallest absolute Gasteiger partial charge is 0.243 e. The van der Waals surface area contributed by atoms with Crippen molar-refractivity contribution in [3.63, 3.8) is 0 Å². The second-order valence-corrected chi connectivity index (χ2v) is 9.67. The van der Waals surface area contributed by atoms with Crippen LogP contribution in [0.5, 0.6) is 0 Å². The van der Waals surface area contributed by atoms with E-state index in [0.29, 0.717) is 22.2 Å². The lowest BCUT2D eigenvalue weighted by Gasteiger charge is -2.14. The summed E-state index contributed by atoms with van der Waals surface area (Å²) < 4.78 is 2.15. The van der Waals surface area contributed by atoms with Gasteiger partial charge in [-0.15, -0.1) is 22.7 Å². The van der Waals surface area contributed by atoms with Gasteiger partial charge in [-0.3, -0.25) is 14.5 Å². The van der Waals surface area contributed by atoms with E-state index in [-0.39, 0.29) is 5.91 Å². The molecule has 0 radical (unpaired) electrons. The predicted octanol–water partition coefficient (Wildman–Crippen LogP) is 5.63. The number of carbonyl (C=O) groups is 1. The van der Waals surface area contributed by atoms with Gasteiger partial charge in [-0.1, -0.05) is 29.8 Å². The van der Waals surface area contributed by atoms with Crippen LogP contribution < -0.4 is 5.32 Å². The highest BCUT2D eigenvalue weighted by atomic mass is 35.5. The maximum Gasteiger partial charge on any atom is 0.243 e. The highest BCUT2D eigenvalue weighted by molar-refractivity contribution is 7.71. The summed E-state index contributed by atoms with van der Waals surface area (Å²) in [5.74, 6) is 0.513. The minimum absolute atomic E-state index is 0.147. The predicted molar refractivity (Wildman–Crippen MR) is 125 cm³/mol. The fourth-order valence-electron chi connectivity index (χ4n) is 3.07. The van der Waals surface area contributed by atoms with Gasteiger partial charge in [0, 0.05) is 15.5 Å². The number of hydrogen-bond donors (Lipinski definition) is 2. The lowest BCUT2D eigenvalue weighted by Crippen LogP contribution is -2.31. The number of aromatic nitrogens is 4. The second kappa shape index (κ2) is 8.81. The number of nitrogens with zero attached hydrogens (tertiary/aromatic N) is 3. The standard InChI is InChI=1S/C20H18ClN5OS3/c1-11(26-18(24-25-20(26)28)15-4-3-9-29-15)19(27)22-10-16-23-17(12(2)30-16)13-5-7-14(21)8-6-13/h3-9,11H,10H2,1-2H3,(H,22,27)(H,25,28). The molecule has 4 rings (SSSR count). The first-order valence-electron chi connectivity index (χ1n) is 9.14. The number of aryl methyl sites for hydroxylation is 1. The first-order valence-corrected chi connectivity index (χ1v) is 11.6. The highest BCUT2D eigenvalue weighted by Crippen LogP contribution is 2.29. The van der Waals surface area contributed by atoms with Gasteiger partial charge in [0.25, 0.3) is 0 Å². The molecule has 1 amide bonds. The molecule has 6 nitrogen and oxygen atoms in total. The topological polar surface area (TPSA) is 75.6 Å². The van der Waals surface area contributed by atoms with Gasteiger partial charge in [0.2, 0.25) is 5.91 Å². The van der Waals surface area contributed by atoms with Crippen LogP contribution in [0.2, 0.25) is 5.02 Å². The van der Waals surface area contributed by atoms with E-state index >= 15 is 0 Å². The Balaban J connectivity index is 1.48. The van der Waals surface area contributed by atoms with Crippen LogP contribution in [0.25, 0.3) is 22.0 Å². The van der Waals surface area contributed by atoms with Crippen LogP contribution in [0.3, 0.4) is 0 Å². The highest BCUT2D eigenvalue weighted by Gasteiger charge is 2.21. The van der Waals surface area contributed by atoms with E-state index < -0.39 is 6.04 Å². The van der Waals surface area contributed by atoms with Crippen LogP contribution in [0.15, 0.2) is 41.8 Å². The van der Waals surface area contributed by atoms with Gasteiger partial charge in [-0.2, -0.15) is 5.10 Å². The molecule has 1 aromatic carbocycles. The number of hydrogen-bond acceptors (Lipinski definition) is 6. The zero-order valence-electron chi connectivity index (χ0n) is 16.2. The van der Waals surface area contributed by atoms with Gasteiger partial charge in [-0.05, 0) is 49.6 Å². The van der Waals surface area contributed by atoms with Crippen molar-refractivity contribution in [1.29, 1.82) is 0 Å². The molecule has 1 atom stereocenters. The van der Waals surface area contributed by atoms with Crippen molar-refractivity contribution in [2.75, 3.05) is 0 Å². The van der Waals surface area contributed by atoms with Crippen molar-refractivity contribution in [3.05, 3.63) is 61.5 Å². The molecular weight excluding hydrogens is 458 g/mol. The molecule has 0 fully saturated rings. The molecule has 0 spiro atoms. The number of thiophene rings is 1. The minimum Gasteiger partial charge on any atom is -0.348 e. The zero-order chi connectivity index (χ0) is 21.3. The number of amides is 1. The van der Waals surface area contributed by atoms with Gasteiger partial charge in [0.05, 0.1) is 17.1 Å². The molecule has 1 unspecified atom stereocenters. The molecule has 0 saturated heterocycles. The number of thiazole rings is 1. The molecule has 0 aliphatic rings. The van der Waals surface area contributed by atoms with E-state index in [4.69, 9.17) is 28.8 Å². The quantitative estimate of drug-likeness (QED) is 0.354. The summed E-state index contributed by atoms with van der Waals surface area (Å²) in [6.45, 7) is 4.18. The fraction of sp³-hybridized carbons (Fsp3) is 0.200. The Labute approximate surface area is 191 Å².